The molecule has 0 radical (unpaired) electrons. The van der Waals surface area contributed by atoms with Crippen molar-refractivity contribution >= 4 is 28.4 Å². The molecule has 3 nitrogen and oxygen atoms in total. The third-order valence-corrected chi connectivity index (χ3v) is 7.32. The lowest BCUT2D eigenvalue weighted by Gasteiger charge is -2.22. The summed E-state index contributed by atoms with van der Waals surface area (Å²) in [7, 11) is 0. The zero-order valence-corrected chi connectivity index (χ0v) is 21.7. The molecule has 0 aliphatic rings. The lowest BCUT2D eigenvalue weighted by atomic mass is 9.87. The van der Waals surface area contributed by atoms with Gasteiger partial charge in [0.25, 0.3) is 0 Å². The van der Waals surface area contributed by atoms with Crippen LogP contribution in [0.2, 0.25) is 5.02 Å². The number of aromatic amines is 1. The fourth-order valence-corrected chi connectivity index (χ4v) is 5.28. The van der Waals surface area contributed by atoms with E-state index in [4.69, 9.17) is 11.6 Å². The van der Waals surface area contributed by atoms with E-state index in [0.717, 1.165) is 40.4 Å². The van der Waals surface area contributed by atoms with Crippen molar-refractivity contribution in [3.05, 3.63) is 142 Å². The SMILES string of the molecule is CCc1cccc2c([C@H](CC(=O)N[C@@H](Cc3ccccc3)c3ccccc3)c3ccc(Cl)cc3)c[nH]c12. The lowest BCUT2D eigenvalue weighted by Crippen LogP contribution is -2.31. The van der Waals surface area contributed by atoms with Gasteiger partial charge >= 0.3 is 0 Å². The molecule has 0 spiro atoms. The number of amides is 1. The maximum absolute atomic E-state index is 13.7. The van der Waals surface area contributed by atoms with Crippen LogP contribution in [0.5, 0.6) is 0 Å². The zero-order chi connectivity index (χ0) is 25.6. The van der Waals surface area contributed by atoms with Crippen LogP contribution in [0, 0.1) is 0 Å². The molecular weight excluding hydrogens is 476 g/mol. The fraction of sp³-hybridized carbons (Fsp3) is 0.182. The van der Waals surface area contributed by atoms with E-state index >= 15 is 0 Å². The Kier molecular flexibility index (Phi) is 7.72. The first-order valence-corrected chi connectivity index (χ1v) is 13.2. The molecule has 2 N–H and O–H groups in total. The van der Waals surface area contributed by atoms with Crippen LogP contribution in [0.25, 0.3) is 10.9 Å². The number of aryl methyl sites for hydroxylation is 1. The highest BCUT2D eigenvalue weighted by Crippen LogP contribution is 2.35. The number of aromatic nitrogens is 1. The van der Waals surface area contributed by atoms with E-state index in [9.17, 15) is 4.79 Å². The molecule has 1 heterocycles. The van der Waals surface area contributed by atoms with Crippen LogP contribution in [0.4, 0.5) is 0 Å². The highest BCUT2D eigenvalue weighted by molar-refractivity contribution is 6.30. The van der Waals surface area contributed by atoms with Crippen molar-refractivity contribution in [3.63, 3.8) is 0 Å². The molecule has 5 rings (SSSR count). The van der Waals surface area contributed by atoms with Crippen LogP contribution in [0.3, 0.4) is 0 Å². The number of rotatable bonds is 9. The Morgan fingerprint density at radius 1 is 0.838 bits per heavy atom. The first kappa shape index (κ1) is 24.9. The van der Waals surface area contributed by atoms with E-state index in [0.29, 0.717) is 11.4 Å². The van der Waals surface area contributed by atoms with E-state index in [2.05, 4.69) is 65.9 Å². The molecule has 0 saturated carbocycles. The maximum Gasteiger partial charge on any atom is 0.221 e. The normalized spacial score (nSPS) is 12.8. The van der Waals surface area contributed by atoms with Crippen molar-refractivity contribution in [2.45, 2.75) is 38.1 Å². The molecule has 5 aromatic rings. The maximum atomic E-state index is 13.7. The van der Waals surface area contributed by atoms with Crippen LogP contribution < -0.4 is 5.32 Å². The van der Waals surface area contributed by atoms with E-state index in [1.807, 2.05) is 60.7 Å². The standard InChI is InChI=1S/C33H31ClN2O/c1-2-24-14-9-15-28-30(22-35-33(24)28)29(25-16-18-27(34)19-17-25)21-32(37)36-31(26-12-7-4-8-13-26)20-23-10-5-3-6-11-23/h3-19,22,29,31,35H,2,20-21H2,1H3,(H,36,37)/t29-,31+/m1/s1. The van der Waals surface area contributed by atoms with Gasteiger partial charge in [-0.2, -0.15) is 0 Å². The molecule has 1 aromatic heterocycles. The Labute approximate surface area is 223 Å². The first-order valence-electron chi connectivity index (χ1n) is 12.8. The Morgan fingerprint density at radius 2 is 1.54 bits per heavy atom. The molecule has 4 aromatic carbocycles. The van der Waals surface area contributed by atoms with Gasteiger partial charge in [-0.25, -0.2) is 0 Å². The number of fused-ring (bicyclic) bond motifs is 1. The third-order valence-electron chi connectivity index (χ3n) is 7.07. The van der Waals surface area contributed by atoms with E-state index in [1.54, 1.807) is 0 Å². The van der Waals surface area contributed by atoms with Crippen LogP contribution in [-0.2, 0) is 17.6 Å². The Bertz CT molecular complexity index is 1460. The summed E-state index contributed by atoms with van der Waals surface area (Å²) in [5.74, 6) is -0.0861. The van der Waals surface area contributed by atoms with Crippen LogP contribution in [0.15, 0.2) is 109 Å². The molecule has 0 fully saturated rings. The van der Waals surface area contributed by atoms with Crippen LogP contribution in [0.1, 0.15) is 53.1 Å². The Hall–Kier alpha value is -3.82. The highest BCUT2D eigenvalue weighted by Gasteiger charge is 2.24. The van der Waals surface area contributed by atoms with Gasteiger partial charge in [0.05, 0.1) is 6.04 Å². The number of halogens is 1. The number of H-pyrrole nitrogens is 1. The van der Waals surface area contributed by atoms with E-state index < -0.39 is 0 Å². The third kappa shape index (κ3) is 5.79. The Balaban J connectivity index is 1.46. The summed E-state index contributed by atoms with van der Waals surface area (Å²) >= 11 is 6.21. The summed E-state index contributed by atoms with van der Waals surface area (Å²) in [4.78, 5) is 17.2. The van der Waals surface area contributed by atoms with E-state index in [1.165, 1.54) is 11.1 Å². The zero-order valence-electron chi connectivity index (χ0n) is 21.0. The number of benzene rings is 4. The molecule has 186 valence electrons. The fourth-order valence-electron chi connectivity index (χ4n) is 5.15. The predicted molar refractivity (Wildman–Crippen MR) is 153 cm³/mol. The number of para-hydroxylation sites is 1. The quantitative estimate of drug-likeness (QED) is 0.209. The molecule has 0 bridgehead atoms. The Morgan fingerprint density at radius 3 is 2.24 bits per heavy atom. The minimum atomic E-state index is -0.114. The molecular formula is C33H31ClN2O. The summed E-state index contributed by atoms with van der Waals surface area (Å²) in [6.45, 7) is 2.16. The van der Waals surface area contributed by atoms with Crippen molar-refractivity contribution < 1.29 is 4.79 Å². The van der Waals surface area contributed by atoms with Gasteiger partial charge in [-0.05, 0) is 52.8 Å². The summed E-state index contributed by atoms with van der Waals surface area (Å²) in [5.41, 5.74) is 6.90. The molecule has 2 atom stereocenters. The van der Waals surface area contributed by atoms with Crippen molar-refractivity contribution in [3.8, 4) is 0 Å². The minimum Gasteiger partial charge on any atom is -0.361 e. The van der Waals surface area contributed by atoms with Crippen molar-refractivity contribution in [1.29, 1.82) is 0 Å². The second-order valence-corrected chi connectivity index (χ2v) is 9.90. The van der Waals surface area contributed by atoms with Gasteiger partial charge in [0, 0.05) is 34.5 Å². The number of hydrogen-bond acceptors (Lipinski definition) is 1. The van der Waals surface area contributed by atoms with Crippen LogP contribution in [-0.4, -0.2) is 10.9 Å². The predicted octanol–water partition coefficient (Wildman–Crippen LogP) is 8.01. The second-order valence-electron chi connectivity index (χ2n) is 9.47. The summed E-state index contributed by atoms with van der Waals surface area (Å²) in [6.07, 6.45) is 4.08. The summed E-state index contributed by atoms with van der Waals surface area (Å²) in [5, 5.41) is 5.20. The van der Waals surface area contributed by atoms with Gasteiger partial charge < -0.3 is 10.3 Å². The molecule has 0 aliphatic heterocycles. The average Bonchev–Trinajstić information content (AvgIpc) is 3.37. The first-order chi connectivity index (χ1) is 18.1. The molecule has 0 unspecified atom stereocenters. The minimum absolute atomic E-state index is 0.0192. The highest BCUT2D eigenvalue weighted by atomic mass is 35.5. The smallest absolute Gasteiger partial charge is 0.221 e. The molecule has 0 saturated heterocycles. The number of carbonyl (C=O) groups is 1. The lowest BCUT2D eigenvalue weighted by molar-refractivity contribution is -0.122. The number of hydrogen-bond donors (Lipinski definition) is 2. The van der Waals surface area contributed by atoms with Crippen molar-refractivity contribution in [2.75, 3.05) is 0 Å². The van der Waals surface area contributed by atoms with Gasteiger partial charge in [-0.1, -0.05) is 110 Å². The summed E-state index contributed by atoms with van der Waals surface area (Å²) in [6, 6.07) is 34.7. The van der Waals surface area contributed by atoms with Crippen LogP contribution >= 0.6 is 11.6 Å². The van der Waals surface area contributed by atoms with Gasteiger partial charge in [0.15, 0.2) is 0 Å². The van der Waals surface area contributed by atoms with Gasteiger partial charge in [-0.15, -0.1) is 0 Å². The molecule has 0 aliphatic carbocycles. The van der Waals surface area contributed by atoms with E-state index in [-0.39, 0.29) is 17.9 Å². The number of carbonyl (C=O) groups excluding carboxylic acids is 1. The molecule has 37 heavy (non-hydrogen) atoms. The monoisotopic (exact) mass is 506 g/mol. The topological polar surface area (TPSA) is 44.9 Å². The molecule has 4 heteroatoms. The summed E-state index contributed by atoms with van der Waals surface area (Å²) < 4.78 is 0. The largest absolute Gasteiger partial charge is 0.361 e. The second kappa shape index (κ2) is 11.5. The van der Waals surface area contributed by atoms with Crippen molar-refractivity contribution in [1.82, 2.24) is 10.3 Å². The van der Waals surface area contributed by atoms with Gasteiger partial charge in [0.1, 0.15) is 0 Å². The average molecular weight is 507 g/mol. The molecule has 1 amide bonds. The van der Waals surface area contributed by atoms with Gasteiger partial charge in [0.2, 0.25) is 5.91 Å². The number of nitrogens with one attached hydrogen (secondary N) is 2. The van der Waals surface area contributed by atoms with Gasteiger partial charge in [-0.3, -0.25) is 4.79 Å². The van der Waals surface area contributed by atoms with Crippen molar-refractivity contribution in [2.24, 2.45) is 0 Å².